The molecule has 0 aromatic rings. The van der Waals surface area contributed by atoms with E-state index in [1.54, 1.807) is 20.8 Å². The molecule has 1 saturated carbocycles. The Kier molecular flexibility index (Phi) is 6.17. The molecule has 0 aromatic heterocycles. The van der Waals surface area contributed by atoms with Crippen LogP contribution >= 0.6 is 7.60 Å². The Bertz CT molecular complexity index is 370. The van der Waals surface area contributed by atoms with Crippen LogP contribution < -0.4 is 0 Å². The summed E-state index contributed by atoms with van der Waals surface area (Å²) < 4.78 is 28.0. The van der Waals surface area contributed by atoms with Gasteiger partial charge in [0.05, 0.1) is 25.7 Å². The molecule has 1 rings (SSSR count). The number of carbonyl (C=O) groups excluding carboxylic acids is 2. The van der Waals surface area contributed by atoms with Gasteiger partial charge in [0.15, 0.2) is 0 Å². The number of carbonyl (C=O) groups is 2. The molecule has 1 fully saturated rings. The van der Waals surface area contributed by atoms with E-state index in [-0.39, 0.29) is 32.0 Å². The smallest absolute Gasteiger partial charge is 0.341 e. The zero-order valence-corrected chi connectivity index (χ0v) is 12.5. The lowest BCUT2D eigenvalue weighted by Gasteiger charge is -2.25. The van der Waals surface area contributed by atoms with Crippen molar-refractivity contribution in [1.82, 2.24) is 0 Å². The van der Waals surface area contributed by atoms with Crippen LogP contribution in [0, 0.1) is 5.92 Å². The lowest BCUT2D eigenvalue weighted by Crippen LogP contribution is -2.31. The summed E-state index contributed by atoms with van der Waals surface area (Å²) in [5, 5.41) is 0. The first-order chi connectivity index (χ1) is 9.00. The number of rotatable bonds is 7. The van der Waals surface area contributed by atoms with Gasteiger partial charge in [-0.25, -0.2) is 0 Å². The minimum absolute atomic E-state index is 0.163. The number of ether oxygens (including phenoxy) is 1. The summed E-state index contributed by atoms with van der Waals surface area (Å²) in [6, 6.07) is 0. The Labute approximate surface area is 113 Å². The highest BCUT2D eigenvalue weighted by atomic mass is 31.2. The van der Waals surface area contributed by atoms with Gasteiger partial charge in [-0.15, -0.1) is 0 Å². The summed E-state index contributed by atoms with van der Waals surface area (Å²) in [7, 11) is -3.61. The maximum atomic E-state index is 12.7. The van der Waals surface area contributed by atoms with E-state index in [2.05, 4.69) is 0 Å². The second-order valence-corrected chi connectivity index (χ2v) is 6.34. The van der Waals surface area contributed by atoms with Crippen molar-refractivity contribution >= 4 is 19.3 Å². The van der Waals surface area contributed by atoms with Crippen LogP contribution in [0.2, 0.25) is 0 Å². The van der Waals surface area contributed by atoms with Crippen molar-refractivity contribution < 1.29 is 27.9 Å². The average molecular weight is 292 g/mol. The highest BCUT2D eigenvalue weighted by Gasteiger charge is 2.52. The lowest BCUT2D eigenvalue weighted by atomic mass is 10.1. The maximum Gasteiger partial charge on any atom is 0.341 e. The van der Waals surface area contributed by atoms with Gasteiger partial charge < -0.3 is 13.8 Å². The van der Waals surface area contributed by atoms with E-state index in [0.29, 0.717) is 6.42 Å². The molecular formula is C12H21O6P. The summed E-state index contributed by atoms with van der Waals surface area (Å²) in [5.74, 6) is -1.47. The zero-order chi connectivity index (χ0) is 14.5. The van der Waals surface area contributed by atoms with E-state index in [9.17, 15) is 14.2 Å². The van der Waals surface area contributed by atoms with Crippen LogP contribution in [-0.4, -0.2) is 37.2 Å². The maximum absolute atomic E-state index is 12.7. The minimum Gasteiger partial charge on any atom is -0.466 e. The molecule has 19 heavy (non-hydrogen) atoms. The first-order valence-electron chi connectivity index (χ1n) is 6.58. The molecule has 1 aliphatic rings. The van der Waals surface area contributed by atoms with Crippen molar-refractivity contribution in [1.29, 1.82) is 0 Å². The van der Waals surface area contributed by atoms with Crippen LogP contribution in [-0.2, 0) is 27.9 Å². The Morgan fingerprint density at radius 3 is 2.26 bits per heavy atom. The molecule has 7 heteroatoms. The second kappa shape index (κ2) is 7.17. The molecule has 0 aliphatic heterocycles. The van der Waals surface area contributed by atoms with Gasteiger partial charge in [-0.3, -0.25) is 14.2 Å². The molecule has 0 amide bonds. The minimum atomic E-state index is -3.61. The van der Waals surface area contributed by atoms with Crippen molar-refractivity contribution in [2.45, 2.75) is 39.3 Å². The van der Waals surface area contributed by atoms with Crippen molar-refractivity contribution in [2.24, 2.45) is 5.92 Å². The quantitative estimate of drug-likeness (QED) is 0.528. The molecule has 0 saturated heterocycles. The fraction of sp³-hybridized carbons (Fsp3) is 0.833. The van der Waals surface area contributed by atoms with Crippen molar-refractivity contribution in [3.63, 3.8) is 0 Å². The van der Waals surface area contributed by atoms with Gasteiger partial charge in [0.2, 0.25) is 0 Å². The normalized spacial score (nSPS) is 23.6. The SMILES string of the molecule is CCOC(=O)C1CCC(=O)C1P(=O)(OCC)OCC. The van der Waals surface area contributed by atoms with E-state index in [1.807, 2.05) is 0 Å². The summed E-state index contributed by atoms with van der Waals surface area (Å²) in [4.78, 5) is 23.8. The topological polar surface area (TPSA) is 78.9 Å². The van der Waals surface area contributed by atoms with E-state index in [0.717, 1.165) is 0 Å². The van der Waals surface area contributed by atoms with Crippen LogP contribution in [0.25, 0.3) is 0 Å². The summed E-state index contributed by atoms with van der Waals surface area (Å²) >= 11 is 0. The van der Waals surface area contributed by atoms with E-state index in [4.69, 9.17) is 13.8 Å². The van der Waals surface area contributed by atoms with Crippen LogP contribution in [0.1, 0.15) is 33.6 Å². The van der Waals surface area contributed by atoms with E-state index >= 15 is 0 Å². The third kappa shape index (κ3) is 3.65. The number of hydrogen-bond donors (Lipinski definition) is 0. The average Bonchev–Trinajstić information content (AvgIpc) is 2.73. The third-order valence-electron chi connectivity index (χ3n) is 2.96. The molecular weight excluding hydrogens is 271 g/mol. The molecule has 110 valence electrons. The summed E-state index contributed by atoms with van der Waals surface area (Å²) in [6.07, 6.45) is 0.546. The molecule has 2 atom stereocenters. The number of ketones is 1. The number of Topliss-reactive ketones (excluding diaryl/α,β-unsaturated/α-hetero) is 1. The predicted molar refractivity (Wildman–Crippen MR) is 69.0 cm³/mol. The highest BCUT2D eigenvalue weighted by molar-refractivity contribution is 7.55. The molecule has 0 N–H and O–H groups in total. The van der Waals surface area contributed by atoms with Crippen LogP contribution in [0.5, 0.6) is 0 Å². The van der Waals surface area contributed by atoms with Gasteiger partial charge in [0.1, 0.15) is 11.4 Å². The molecule has 0 spiro atoms. The van der Waals surface area contributed by atoms with Gasteiger partial charge in [-0.2, -0.15) is 0 Å². The lowest BCUT2D eigenvalue weighted by molar-refractivity contribution is -0.148. The second-order valence-electron chi connectivity index (χ2n) is 4.18. The molecule has 0 heterocycles. The van der Waals surface area contributed by atoms with Gasteiger partial charge in [-0.1, -0.05) is 0 Å². The molecule has 0 radical (unpaired) electrons. The van der Waals surface area contributed by atoms with E-state index in [1.165, 1.54) is 0 Å². The molecule has 0 aromatic carbocycles. The molecule has 2 unspecified atom stereocenters. The Balaban J connectivity index is 2.99. The van der Waals surface area contributed by atoms with Gasteiger partial charge in [-0.05, 0) is 27.2 Å². The van der Waals surface area contributed by atoms with Crippen LogP contribution in [0.4, 0.5) is 0 Å². The fourth-order valence-electron chi connectivity index (χ4n) is 2.28. The largest absolute Gasteiger partial charge is 0.466 e. The van der Waals surface area contributed by atoms with Crippen molar-refractivity contribution in [2.75, 3.05) is 19.8 Å². The molecule has 0 bridgehead atoms. The Morgan fingerprint density at radius 1 is 1.21 bits per heavy atom. The van der Waals surface area contributed by atoms with E-state index < -0.39 is 25.1 Å². The Morgan fingerprint density at radius 2 is 1.79 bits per heavy atom. The van der Waals surface area contributed by atoms with Gasteiger partial charge in [0, 0.05) is 6.42 Å². The van der Waals surface area contributed by atoms with Crippen LogP contribution in [0.15, 0.2) is 0 Å². The van der Waals surface area contributed by atoms with Gasteiger partial charge in [0.25, 0.3) is 0 Å². The predicted octanol–water partition coefficient (Wildman–Crippen LogP) is 2.16. The highest BCUT2D eigenvalue weighted by Crippen LogP contribution is 2.58. The summed E-state index contributed by atoms with van der Waals surface area (Å²) in [5.41, 5.74) is -1.02. The molecule has 1 aliphatic carbocycles. The Hall–Kier alpha value is -0.710. The van der Waals surface area contributed by atoms with Crippen LogP contribution in [0.3, 0.4) is 0 Å². The van der Waals surface area contributed by atoms with Gasteiger partial charge >= 0.3 is 13.6 Å². The first-order valence-corrected chi connectivity index (χ1v) is 8.19. The standard InChI is InChI=1S/C12H21O6P/c1-4-16-12(14)9-7-8-10(13)11(9)19(15,17-5-2)18-6-3/h9,11H,4-8H2,1-3H3. The number of hydrogen-bond acceptors (Lipinski definition) is 6. The van der Waals surface area contributed by atoms with Crippen molar-refractivity contribution in [3.8, 4) is 0 Å². The summed E-state index contributed by atoms with van der Waals surface area (Å²) in [6.45, 7) is 5.58. The monoisotopic (exact) mass is 292 g/mol. The third-order valence-corrected chi connectivity index (χ3v) is 5.53. The molecule has 6 nitrogen and oxygen atoms in total. The first kappa shape index (κ1) is 16.3. The zero-order valence-electron chi connectivity index (χ0n) is 11.6. The van der Waals surface area contributed by atoms with Crippen molar-refractivity contribution in [3.05, 3.63) is 0 Å². The fourth-order valence-corrected chi connectivity index (χ4v) is 4.59. The number of esters is 1.